The molecule has 0 radical (unpaired) electrons. The maximum absolute atomic E-state index is 4.99. The van der Waals surface area contributed by atoms with E-state index in [4.69, 9.17) is 9.97 Å². The lowest BCUT2D eigenvalue weighted by molar-refractivity contribution is 0.372. The highest BCUT2D eigenvalue weighted by molar-refractivity contribution is 5.94. The molecule has 7 heterocycles. The molecule has 37 heavy (non-hydrogen) atoms. The zero-order chi connectivity index (χ0) is 24.6. The molecule has 1 saturated heterocycles. The number of fused-ring (bicyclic) bond motifs is 2. The number of nitrogens with zero attached hydrogens (tertiary/aromatic N) is 6. The van der Waals surface area contributed by atoms with Crippen LogP contribution in [0.4, 0.5) is 0 Å². The Labute approximate surface area is 212 Å². The van der Waals surface area contributed by atoms with Crippen LogP contribution in [0.5, 0.6) is 0 Å². The zero-order valence-electron chi connectivity index (χ0n) is 20.1. The summed E-state index contributed by atoms with van der Waals surface area (Å²) in [5.74, 6) is 1.32. The van der Waals surface area contributed by atoms with E-state index in [1.54, 1.807) is 12.4 Å². The molecule has 0 unspecified atom stereocenters. The van der Waals surface area contributed by atoms with Crippen molar-refractivity contribution in [3.05, 3.63) is 72.9 Å². The fourth-order valence-corrected chi connectivity index (χ4v) is 5.17. The van der Waals surface area contributed by atoms with Crippen LogP contribution in [0.25, 0.3) is 56.1 Å². The number of rotatable bonds is 5. The number of hydrogen-bond acceptors (Lipinski definition) is 7. The molecule has 6 aromatic heterocycles. The van der Waals surface area contributed by atoms with Crippen molar-refractivity contribution in [3.8, 4) is 33.9 Å². The topological polar surface area (TPSA) is 121 Å². The van der Waals surface area contributed by atoms with Crippen molar-refractivity contribution in [2.75, 3.05) is 13.1 Å². The van der Waals surface area contributed by atoms with E-state index < -0.39 is 0 Å². The average molecular weight is 488 g/mol. The van der Waals surface area contributed by atoms with E-state index in [2.05, 4.69) is 41.5 Å². The van der Waals surface area contributed by atoms with Gasteiger partial charge in [0.1, 0.15) is 5.52 Å². The van der Waals surface area contributed by atoms with Gasteiger partial charge in [0.05, 0.1) is 16.7 Å². The first kappa shape index (κ1) is 21.8. The van der Waals surface area contributed by atoms with Crippen molar-refractivity contribution >= 4 is 22.2 Å². The van der Waals surface area contributed by atoms with Crippen LogP contribution in [0, 0.1) is 5.92 Å². The van der Waals surface area contributed by atoms with Crippen molar-refractivity contribution in [2.45, 2.75) is 19.3 Å². The van der Waals surface area contributed by atoms with E-state index in [1.165, 1.54) is 18.4 Å². The Hall–Kier alpha value is -4.50. The standard InChI is InChI=1S/C28H25N9/c1-2-19(15-30-8-1)21-7-11-32-27-24(21)34-28(35-27)26-25-23(36-37-26)4-3-22(33-25)20-13-18(14-31-16-20)12-17-5-9-29-10-6-17/h1-4,7-8,11,13-17,29H,5-6,9-10,12H2,(H,36,37)(H,32,34,35). The molecule has 0 bridgehead atoms. The molecule has 9 nitrogen and oxygen atoms in total. The van der Waals surface area contributed by atoms with Crippen molar-refractivity contribution in [1.82, 2.24) is 45.4 Å². The minimum atomic E-state index is 0.618. The van der Waals surface area contributed by atoms with Gasteiger partial charge in [-0.3, -0.25) is 15.1 Å². The lowest BCUT2D eigenvalue weighted by Gasteiger charge is -2.22. The summed E-state index contributed by atoms with van der Waals surface area (Å²) < 4.78 is 0. The summed E-state index contributed by atoms with van der Waals surface area (Å²) in [6.07, 6.45) is 12.7. The fraction of sp³-hybridized carbons (Fsp3) is 0.214. The van der Waals surface area contributed by atoms with Crippen LogP contribution in [-0.2, 0) is 6.42 Å². The normalized spacial score (nSPS) is 14.5. The van der Waals surface area contributed by atoms with E-state index >= 15 is 0 Å². The monoisotopic (exact) mass is 487 g/mol. The molecule has 1 aliphatic heterocycles. The molecule has 0 aliphatic carbocycles. The van der Waals surface area contributed by atoms with Gasteiger partial charge in [0.15, 0.2) is 17.2 Å². The van der Waals surface area contributed by atoms with Gasteiger partial charge < -0.3 is 10.3 Å². The number of piperidine rings is 1. The minimum absolute atomic E-state index is 0.618. The molecular formula is C28H25N9. The van der Waals surface area contributed by atoms with Gasteiger partial charge in [-0.25, -0.2) is 15.0 Å². The predicted molar refractivity (Wildman–Crippen MR) is 143 cm³/mol. The molecule has 3 N–H and O–H groups in total. The van der Waals surface area contributed by atoms with Crippen LogP contribution in [-0.4, -0.2) is 53.2 Å². The van der Waals surface area contributed by atoms with Gasteiger partial charge in [0, 0.05) is 47.7 Å². The summed E-state index contributed by atoms with van der Waals surface area (Å²) in [5, 5.41) is 11.1. The number of aromatic nitrogens is 8. The first-order valence-corrected chi connectivity index (χ1v) is 12.6. The van der Waals surface area contributed by atoms with Crippen LogP contribution in [0.1, 0.15) is 18.4 Å². The van der Waals surface area contributed by atoms with Gasteiger partial charge in [-0.2, -0.15) is 5.10 Å². The average Bonchev–Trinajstić information content (AvgIpc) is 3.58. The van der Waals surface area contributed by atoms with E-state index in [0.717, 1.165) is 58.4 Å². The maximum Gasteiger partial charge on any atom is 0.178 e. The second kappa shape index (κ2) is 9.18. The predicted octanol–water partition coefficient (Wildman–Crippen LogP) is 4.56. The van der Waals surface area contributed by atoms with Crippen LogP contribution < -0.4 is 5.32 Å². The van der Waals surface area contributed by atoms with Crippen LogP contribution in [0.15, 0.2) is 67.4 Å². The smallest absolute Gasteiger partial charge is 0.178 e. The Bertz CT molecular complexity index is 1700. The minimum Gasteiger partial charge on any atom is -0.335 e. The molecule has 0 atom stereocenters. The summed E-state index contributed by atoms with van der Waals surface area (Å²) in [6, 6.07) is 12.1. The third kappa shape index (κ3) is 4.13. The van der Waals surface area contributed by atoms with Crippen molar-refractivity contribution < 1.29 is 0 Å². The second-order valence-electron chi connectivity index (χ2n) is 9.53. The van der Waals surface area contributed by atoms with Crippen LogP contribution in [0.2, 0.25) is 0 Å². The van der Waals surface area contributed by atoms with E-state index in [9.17, 15) is 0 Å². The third-order valence-electron chi connectivity index (χ3n) is 7.07. The van der Waals surface area contributed by atoms with Gasteiger partial charge >= 0.3 is 0 Å². The summed E-state index contributed by atoms with van der Waals surface area (Å²) in [7, 11) is 0. The third-order valence-corrected chi connectivity index (χ3v) is 7.07. The summed E-state index contributed by atoms with van der Waals surface area (Å²) >= 11 is 0. The number of aromatic amines is 2. The second-order valence-corrected chi connectivity index (χ2v) is 9.53. The highest BCUT2D eigenvalue weighted by atomic mass is 15.2. The Morgan fingerprint density at radius 2 is 1.81 bits per heavy atom. The van der Waals surface area contributed by atoms with E-state index in [-0.39, 0.29) is 0 Å². The lowest BCUT2D eigenvalue weighted by atomic mass is 9.91. The Kier molecular flexibility index (Phi) is 5.40. The molecule has 0 spiro atoms. The highest BCUT2D eigenvalue weighted by Crippen LogP contribution is 2.31. The molecular weight excluding hydrogens is 462 g/mol. The summed E-state index contributed by atoms with van der Waals surface area (Å²) in [6.45, 7) is 2.20. The highest BCUT2D eigenvalue weighted by Gasteiger charge is 2.18. The summed E-state index contributed by atoms with van der Waals surface area (Å²) in [4.78, 5) is 26.4. The summed E-state index contributed by atoms with van der Waals surface area (Å²) in [5.41, 5.74) is 8.82. The van der Waals surface area contributed by atoms with Crippen LogP contribution >= 0.6 is 0 Å². The molecule has 0 saturated carbocycles. The number of H-pyrrole nitrogens is 2. The fourth-order valence-electron chi connectivity index (χ4n) is 5.17. The van der Waals surface area contributed by atoms with E-state index in [0.29, 0.717) is 23.1 Å². The molecule has 1 aliphatic rings. The maximum atomic E-state index is 4.99. The van der Waals surface area contributed by atoms with Gasteiger partial charge in [-0.15, -0.1) is 0 Å². The quantitative estimate of drug-likeness (QED) is 0.326. The first-order valence-electron chi connectivity index (χ1n) is 12.6. The Morgan fingerprint density at radius 3 is 2.70 bits per heavy atom. The molecule has 0 aromatic carbocycles. The molecule has 7 rings (SSSR count). The van der Waals surface area contributed by atoms with Crippen molar-refractivity contribution in [1.29, 1.82) is 0 Å². The van der Waals surface area contributed by atoms with Gasteiger partial charge in [0.2, 0.25) is 0 Å². The molecule has 1 fully saturated rings. The SMILES string of the molecule is c1cncc(-c2ccnc3nc(-c4n[nH]c5ccc(-c6cncc(CC7CCNCC7)c6)nc45)[nH]c23)c1. The molecule has 0 amide bonds. The zero-order valence-corrected chi connectivity index (χ0v) is 20.1. The van der Waals surface area contributed by atoms with Crippen LogP contribution in [0.3, 0.4) is 0 Å². The Morgan fingerprint density at radius 1 is 0.892 bits per heavy atom. The van der Waals surface area contributed by atoms with Crippen molar-refractivity contribution in [2.24, 2.45) is 5.92 Å². The number of nitrogens with one attached hydrogen (secondary N) is 3. The van der Waals surface area contributed by atoms with Crippen molar-refractivity contribution in [3.63, 3.8) is 0 Å². The van der Waals surface area contributed by atoms with Gasteiger partial charge in [-0.1, -0.05) is 6.07 Å². The number of hydrogen-bond donors (Lipinski definition) is 3. The molecule has 182 valence electrons. The number of imidazole rings is 1. The van der Waals surface area contributed by atoms with E-state index in [1.807, 2.05) is 48.9 Å². The lowest BCUT2D eigenvalue weighted by Crippen LogP contribution is -2.28. The number of pyridine rings is 4. The molecule has 9 heteroatoms. The van der Waals surface area contributed by atoms with Gasteiger partial charge in [-0.05, 0) is 74.2 Å². The Balaban J connectivity index is 1.26. The molecule has 6 aromatic rings. The first-order chi connectivity index (χ1) is 18.3. The largest absolute Gasteiger partial charge is 0.335 e. The van der Waals surface area contributed by atoms with Gasteiger partial charge in [0.25, 0.3) is 0 Å².